The summed E-state index contributed by atoms with van der Waals surface area (Å²) < 4.78 is 10.9. The van der Waals surface area contributed by atoms with Crippen LogP contribution in [0.5, 0.6) is 5.75 Å². The van der Waals surface area contributed by atoms with Gasteiger partial charge in [0.2, 0.25) is 17.6 Å². The number of aromatic nitrogens is 2. The predicted molar refractivity (Wildman–Crippen MR) is 74.0 cm³/mol. The second-order valence-electron chi connectivity index (χ2n) is 5.48. The molecule has 1 aliphatic carbocycles. The summed E-state index contributed by atoms with van der Waals surface area (Å²) in [5.74, 6) is 2.45. The van der Waals surface area contributed by atoms with Gasteiger partial charge in [0, 0.05) is 24.1 Å². The molecule has 0 saturated heterocycles. The lowest BCUT2D eigenvalue weighted by molar-refractivity contribution is -0.116. The van der Waals surface area contributed by atoms with Crippen molar-refractivity contribution < 1.29 is 14.1 Å². The van der Waals surface area contributed by atoms with Gasteiger partial charge in [-0.1, -0.05) is 11.2 Å². The highest BCUT2D eigenvalue weighted by molar-refractivity contribution is 5.94. The van der Waals surface area contributed by atoms with E-state index in [1.807, 2.05) is 18.2 Å². The minimum absolute atomic E-state index is 0.0480. The van der Waals surface area contributed by atoms with E-state index < -0.39 is 0 Å². The third-order valence-electron chi connectivity index (χ3n) is 3.76. The Hall–Kier alpha value is -2.37. The van der Waals surface area contributed by atoms with Gasteiger partial charge in [0.25, 0.3) is 0 Å². The van der Waals surface area contributed by atoms with Crippen LogP contribution in [0, 0.1) is 0 Å². The molecule has 21 heavy (non-hydrogen) atoms. The standard InChI is InChI=1S/C15H15N3O3/c19-14-6-4-9-3-5-11(7-12(9)16-14)20-8-13-17-15(21-18-13)10-1-2-10/h3,5,7,10H,1-2,4,6,8H2,(H,16,19). The van der Waals surface area contributed by atoms with Gasteiger partial charge in [-0.3, -0.25) is 4.79 Å². The van der Waals surface area contributed by atoms with Gasteiger partial charge in [0.15, 0.2) is 6.61 Å². The minimum atomic E-state index is 0.0480. The van der Waals surface area contributed by atoms with E-state index in [1.165, 1.54) is 0 Å². The minimum Gasteiger partial charge on any atom is -0.485 e. The summed E-state index contributed by atoms with van der Waals surface area (Å²) in [6.45, 7) is 0.267. The molecule has 1 saturated carbocycles. The van der Waals surface area contributed by atoms with E-state index in [0.29, 0.717) is 29.8 Å². The first-order valence-corrected chi connectivity index (χ1v) is 7.16. The van der Waals surface area contributed by atoms with Crippen molar-refractivity contribution in [1.29, 1.82) is 0 Å². The Morgan fingerprint density at radius 1 is 1.33 bits per heavy atom. The molecule has 1 amide bonds. The van der Waals surface area contributed by atoms with Crippen molar-refractivity contribution in [2.24, 2.45) is 0 Å². The van der Waals surface area contributed by atoms with Crippen LogP contribution in [0.1, 0.15) is 42.5 Å². The van der Waals surface area contributed by atoms with Gasteiger partial charge in [-0.15, -0.1) is 0 Å². The Morgan fingerprint density at radius 2 is 2.24 bits per heavy atom. The van der Waals surface area contributed by atoms with Crippen molar-refractivity contribution in [2.45, 2.75) is 38.2 Å². The van der Waals surface area contributed by atoms with E-state index in [9.17, 15) is 4.79 Å². The highest BCUT2D eigenvalue weighted by atomic mass is 16.5. The molecule has 0 bridgehead atoms. The third-order valence-corrected chi connectivity index (χ3v) is 3.76. The largest absolute Gasteiger partial charge is 0.485 e. The number of rotatable bonds is 4. The Balaban J connectivity index is 1.44. The summed E-state index contributed by atoms with van der Waals surface area (Å²) in [5, 5.41) is 6.77. The normalized spacial score (nSPS) is 17.2. The number of ether oxygens (including phenoxy) is 1. The van der Waals surface area contributed by atoms with E-state index in [0.717, 1.165) is 30.5 Å². The van der Waals surface area contributed by atoms with E-state index in [4.69, 9.17) is 9.26 Å². The molecule has 4 rings (SSSR count). The second-order valence-corrected chi connectivity index (χ2v) is 5.48. The van der Waals surface area contributed by atoms with Crippen LogP contribution >= 0.6 is 0 Å². The van der Waals surface area contributed by atoms with Crippen LogP contribution in [0.15, 0.2) is 22.7 Å². The molecule has 2 aliphatic rings. The van der Waals surface area contributed by atoms with E-state index >= 15 is 0 Å². The monoisotopic (exact) mass is 285 g/mol. The summed E-state index contributed by atoms with van der Waals surface area (Å²) >= 11 is 0. The Bertz CT molecular complexity index is 691. The number of hydrogen-bond acceptors (Lipinski definition) is 5. The molecular formula is C15H15N3O3. The Morgan fingerprint density at radius 3 is 3.10 bits per heavy atom. The quantitative estimate of drug-likeness (QED) is 0.933. The summed E-state index contributed by atoms with van der Waals surface area (Å²) in [4.78, 5) is 15.7. The molecule has 0 atom stereocenters. The molecule has 108 valence electrons. The fourth-order valence-electron chi connectivity index (χ4n) is 2.41. The number of benzene rings is 1. The molecule has 6 heteroatoms. The summed E-state index contributed by atoms with van der Waals surface area (Å²) in [6.07, 6.45) is 3.58. The number of aryl methyl sites for hydroxylation is 1. The van der Waals surface area contributed by atoms with Crippen molar-refractivity contribution in [3.63, 3.8) is 0 Å². The number of hydrogen-bond donors (Lipinski definition) is 1. The predicted octanol–water partition coefficient (Wildman–Crippen LogP) is 2.41. The second kappa shape index (κ2) is 4.87. The first-order valence-electron chi connectivity index (χ1n) is 7.16. The molecule has 2 heterocycles. The Kier molecular flexibility index (Phi) is 2.87. The molecule has 1 aliphatic heterocycles. The van der Waals surface area contributed by atoms with Crippen LogP contribution in [-0.2, 0) is 17.8 Å². The van der Waals surface area contributed by atoms with Crippen LogP contribution in [0.4, 0.5) is 5.69 Å². The summed E-state index contributed by atoms with van der Waals surface area (Å²) in [7, 11) is 0. The highest BCUT2D eigenvalue weighted by Gasteiger charge is 2.29. The molecule has 6 nitrogen and oxygen atoms in total. The number of carbonyl (C=O) groups excluding carboxylic acids is 1. The van der Waals surface area contributed by atoms with Crippen LogP contribution in [-0.4, -0.2) is 16.0 Å². The molecule has 1 fully saturated rings. The molecule has 0 unspecified atom stereocenters. The Labute approximate surface area is 121 Å². The zero-order valence-electron chi connectivity index (χ0n) is 11.5. The number of amides is 1. The van der Waals surface area contributed by atoms with Gasteiger partial charge < -0.3 is 14.6 Å². The van der Waals surface area contributed by atoms with Crippen molar-refractivity contribution >= 4 is 11.6 Å². The summed E-state index contributed by atoms with van der Waals surface area (Å²) in [6, 6.07) is 5.72. The zero-order chi connectivity index (χ0) is 14.2. The van der Waals surface area contributed by atoms with E-state index in [1.54, 1.807) is 0 Å². The lowest BCUT2D eigenvalue weighted by Gasteiger charge is -2.17. The number of nitrogens with zero attached hydrogens (tertiary/aromatic N) is 2. The van der Waals surface area contributed by atoms with E-state index in [-0.39, 0.29) is 12.5 Å². The van der Waals surface area contributed by atoms with Gasteiger partial charge in [0.05, 0.1) is 0 Å². The fourth-order valence-corrected chi connectivity index (χ4v) is 2.41. The fraction of sp³-hybridized carbons (Fsp3) is 0.400. The lowest BCUT2D eigenvalue weighted by atomic mass is 10.0. The number of nitrogens with one attached hydrogen (secondary N) is 1. The maximum Gasteiger partial charge on any atom is 0.229 e. The SMILES string of the molecule is O=C1CCc2ccc(OCc3noc(C4CC4)n3)cc2N1. The first kappa shape index (κ1) is 12.4. The lowest BCUT2D eigenvalue weighted by Crippen LogP contribution is -2.18. The zero-order valence-corrected chi connectivity index (χ0v) is 11.5. The molecule has 1 aromatic heterocycles. The molecule has 1 N–H and O–H groups in total. The highest BCUT2D eigenvalue weighted by Crippen LogP contribution is 2.38. The number of carbonyl (C=O) groups is 1. The third kappa shape index (κ3) is 2.61. The number of fused-ring (bicyclic) bond motifs is 1. The average molecular weight is 285 g/mol. The number of anilines is 1. The molecule has 0 radical (unpaired) electrons. The van der Waals surface area contributed by atoms with Crippen LogP contribution in [0.25, 0.3) is 0 Å². The van der Waals surface area contributed by atoms with Gasteiger partial charge >= 0.3 is 0 Å². The molecule has 2 aromatic rings. The smallest absolute Gasteiger partial charge is 0.229 e. The van der Waals surface area contributed by atoms with Gasteiger partial charge in [0.1, 0.15) is 5.75 Å². The molecule has 1 aromatic carbocycles. The van der Waals surface area contributed by atoms with Crippen molar-refractivity contribution in [1.82, 2.24) is 10.1 Å². The average Bonchev–Trinajstić information content (AvgIpc) is 3.24. The topological polar surface area (TPSA) is 77.2 Å². The van der Waals surface area contributed by atoms with Crippen molar-refractivity contribution in [2.75, 3.05) is 5.32 Å². The van der Waals surface area contributed by atoms with Crippen LogP contribution in [0.2, 0.25) is 0 Å². The first-order chi connectivity index (χ1) is 10.3. The molecular weight excluding hydrogens is 270 g/mol. The van der Waals surface area contributed by atoms with Crippen molar-refractivity contribution in [3.05, 3.63) is 35.5 Å². The summed E-state index contributed by atoms with van der Waals surface area (Å²) in [5.41, 5.74) is 1.97. The van der Waals surface area contributed by atoms with E-state index in [2.05, 4.69) is 15.5 Å². The van der Waals surface area contributed by atoms with Crippen molar-refractivity contribution in [3.8, 4) is 5.75 Å². The van der Waals surface area contributed by atoms with Gasteiger partial charge in [-0.05, 0) is 30.9 Å². The molecule has 0 spiro atoms. The van der Waals surface area contributed by atoms with Crippen LogP contribution in [0.3, 0.4) is 0 Å². The van der Waals surface area contributed by atoms with Crippen LogP contribution < -0.4 is 10.1 Å². The maximum atomic E-state index is 11.4. The van der Waals surface area contributed by atoms with Gasteiger partial charge in [-0.25, -0.2) is 0 Å². The van der Waals surface area contributed by atoms with Gasteiger partial charge in [-0.2, -0.15) is 4.98 Å². The maximum absolute atomic E-state index is 11.4.